The first kappa shape index (κ1) is 23.2. The summed E-state index contributed by atoms with van der Waals surface area (Å²) in [5, 5.41) is 0. The topological polar surface area (TPSA) is 112 Å². The Bertz CT molecular complexity index is 957. The Hall–Kier alpha value is -3.07. The number of alkyl halides is 3. The molecule has 30 heavy (non-hydrogen) atoms. The van der Waals surface area contributed by atoms with Gasteiger partial charge in [0.1, 0.15) is 18.2 Å². The summed E-state index contributed by atoms with van der Waals surface area (Å²) in [6, 6.07) is -0.363. The molecule has 0 unspecified atom stereocenters. The lowest BCUT2D eigenvalue weighted by molar-refractivity contribution is -0.280. The summed E-state index contributed by atoms with van der Waals surface area (Å²) in [6.07, 6.45) is -2.97. The standard InChI is InChI=1S/C18H20F3N3O6/c1-11(25)30-15-7-14(6-13(15)9-28-2)24-8-12(16(26)23-17(24)27)4-3-5-22-10-29-18(19,20)21/h8,10,13-15H,5-7,9H2,1-2H3,(H,23,26,27)/t13-,14-,15-/m1/s1. The zero-order valence-corrected chi connectivity index (χ0v) is 16.2. The van der Waals surface area contributed by atoms with Gasteiger partial charge in [-0.15, -0.1) is 13.2 Å². The van der Waals surface area contributed by atoms with Gasteiger partial charge >= 0.3 is 18.0 Å². The predicted molar refractivity (Wildman–Crippen MR) is 97.9 cm³/mol. The zero-order chi connectivity index (χ0) is 22.3. The van der Waals surface area contributed by atoms with E-state index < -0.39 is 29.7 Å². The van der Waals surface area contributed by atoms with E-state index in [1.807, 2.05) is 0 Å². The molecule has 1 aliphatic rings. The summed E-state index contributed by atoms with van der Waals surface area (Å²) in [5.41, 5.74) is -1.44. The Kier molecular flexibility index (Phi) is 7.82. The van der Waals surface area contributed by atoms with Crippen LogP contribution in [0.5, 0.6) is 0 Å². The van der Waals surface area contributed by atoms with Crippen molar-refractivity contribution in [2.75, 3.05) is 20.3 Å². The lowest BCUT2D eigenvalue weighted by Crippen LogP contribution is -2.33. The molecule has 2 rings (SSSR count). The molecule has 0 aliphatic heterocycles. The molecule has 0 bridgehead atoms. The van der Waals surface area contributed by atoms with E-state index in [1.54, 1.807) is 0 Å². The van der Waals surface area contributed by atoms with E-state index in [9.17, 15) is 27.6 Å². The zero-order valence-electron chi connectivity index (χ0n) is 16.2. The van der Waals surface area contributed by atoms with Gasteiger partial charge in [0.05, 0.1) is 6.61 Å². The molecule has 0 spiro atoms. The lowest BCUT2D eigenvalue weighted by Gasteiger charge is -2.17. The lowest BCUT2D eigenvalue weighted by atomic mass is 10.1. The van der Waals surface area contributed by atoms with Crippen molar-refractivity contribution < 1.29 is 32.2 Å². The predicted octanol–water partition coefficient (Wildman–Crippen LogP) is 0.982. The third-order valence-corrected chi connectivity index (χ3v) is 4.32. The minimum atomic E-state index is -4.84. The van der Waals surface area contributed by atoms with E-state index in [0.717, 1.165) is 0 Å². The Morgan fingerprint density at radius 2 is 2.13 bits per heavy atom. The van der Waals surface area contributed by atoms with Gasteiger partial charge in [-0.05, 0) is 6.42 Å². The number of nitrogens with zero attached hydrogens (tertiary/aromatic N) is 2. The number of aromatic amines is 1. The number of carbonyl (C=O) groups is 1. The molecule has 1 N–H and O–H groups in total. The van der Waals surface area contributed by atoms with E-state index in [0.29, 0.717) is 19.4 Å². The van der Waals surface area contributed by atoms with Crippen molar-refractivity contribution in [1.29, 1.82) is 0 Å². The van der Waals surface area contributed by atoms with Gasteiger partial charge in [0, 0.05) is 38.6 Å². The minimum Gasteiger partial charge on any atom is -0.462 e. The van der Waals surface area contributed by atoms with Crippen LogP contribution in [0.1, 0.15) is 31.4 Å². The van der Waals surface area contributed by atoms with Gasteiger partial charge in [-0.1, -0.05) is 11.8 Å². The van der Waals surface area contributed by atoms with Crippen LogP contribution in [0.2, 0.25) is 0 Å². The summed E-state index contributed by atoms with van der Waals surface area (Å²) in [5.74, 6) is 4.31. The van der Waals surface area contributed by atoms with Crippen LogP contribution >= 0.6 is 0 Å². The molecular weight excluding hydrogens is 411 g/mol. The van der Waals surface area contributed by atoms with Crippen LogP contribution in [-0.2, 0) is 19.0 Å². The highest BCUT2D eigenvalue weighted by Crippen LogP contribution is 2.36. The number of hydrogen-bond acceptors (Lipinski definition) is 7. The number of hydrogen-bond donors (Lipinski definition) is 1. The fraction of sp³-hybridized carbons (Fsp3) is 0.556. The number of methoxy groups -OCH3 is 1. The van der Waals surface area contributed by atoms with Crippen molar-refractivity contribution in [2.24, 2.45) is 10.9 Å². The van der Waals surface area contributed by atoms with E-state index in [1.165, 1.54) is 24.8 Å². The van der Waals surface area contributed by atoms with Gasteiger partial charge in [0.15, 0.2) is 6.40 Å². The first-order chi connectivity index (χ1) is 14.1. The number of H-pyrrole nitrogens is 1. The number of aliphatic imine (C=N–C) groups is 1. The molecule has 1 aromatic rings. The highest BCUT2D eigenvalue weighted by molar-refractivity contribution is 5.66. The highest BCUT2D eigenvalue weighted by atomic mass is 19.4. The van der Waals surface area contributed by atoms with Crippen LogP contribution in [0.3, 0.4) is 0 Å². The molecule has 12 heteroatoms. The molecule has 3 atom stereocenters. The molecule has 0 amide bonds. The second-order valence-electron chi connectivity index (χ2n) is 6.51. The van der Waals surface area contributed by atoms with Crippen molar-refractivity contribution in [3.63, 3.8) is 0 Å². The second-order valence-corrected chi connectivity index (χ2v) is 6.51. The number of aromatic nitrogens is 2. The van der Waals surface area contributed by atoms with Gasteiger partial charge in [0.25, 0.3) is 5.56 Å². The van der Waals surface area contributed by atoms with Crippen molar-refractivity contribution in [3.05, 3.63) is 32.6 Å². The molecule has 1 aromatic heterocycles. The Morgan fingerprint density at radius 1 is 1.40 bits per heavy atom. The van der Waals surface area contributed by atoms with Crippen LogP contribution < -0.4 is 11.2 Å². The van der Waals surface area contributed by atoms with E-state index in [4.69, 9.17) is 9.47 Å². The molecule has 1 heterocycles. The Morgan fingerprint density at radius 3 is 2.77 bits per heavy atom. The molecule has 1 saturated carbocycles. The number of nitrogens with one attached hydrogen (secondary N) is 1. The number of ether oxygens (including phenoxy) is 3. The molecule has 0 radical (unpaired) electrons. The quantitative estimate of drug-likeness (QED) is 0.311. The Balaban J connectivity index is 2.17. The van der Waals surface area contributed by atoms with E-state index >= 15 is 0 Å². The second kappa shape index (κ2) is 10.1. The molecule has 1 aliphatic carbocycles. The molecule has 0 saturated heterocycles. The van der Waals surface area contributed by atoms with Crippen LogP contribution in [-0.4, -0.2) is 54.6 Å². The van der Waals surface area contributed by atoms with Gasteiger partial charge < -0.3 is 14.2 Å². The summed E-state index contributed by atoms with van der Waals surface area (Å²) >= 11 is 0. The highest BCUT2D eigenvalue weighted by Gasteiger charge is 2.38. The van der Waals surface area contributed by atoms with E-state index in [-0.39, 0.29) is 30.5 Å². The maximum atomic E-state index is 12.3. The molecule has 9 nitrogen and oxygen atoms in total. The smallest absolute Gasteiger partial charge is 0.462 e. The largest absolute Gasteiger partial charge is 0.573 e. The number of halogens is 3. The summed E-state index contributed by atoms with van der Waals surface area (Å²) < 4.78 is 50.6. The molecule has 0 aromatic carbocycles. The first-order valence-electron chi connectivity index (χ1n) is 8.84. The summed E-state index contributed by atoms with van der Waals surface area (Å²) in [4.78, 5) is 41.0. The maximum Gasteiger partial charge on any atom is 0.573 e. The maximum absolute atomic E-state index is 12.3. The van der Waals surface area contributed by atoms with Gasteiger partial charge in [-0.3, -0.25) is 19.1 Å². The summed E-state index contributed by atoms with van der Waals surface area (Å²) in [6.45, 7) is 1.28. The normalized spacial score (nSPS) is 21.3. The number of carbonyl (C=O) groups excluding carboxylic acids is 1. The fourth-order valence-corrected chi connectivity index (χ4v) is 3.19. The number of esters is 1. The van der Waals surface area contributed by atoms with Gasteiger partial charge in [-0.25, -0.2) is 9.79 Å². The van der Waals surface area contributed by atoms with E-state index in [2.05, 4.69) is 26.6 Å². The third-order valence-electron chi connectivity index (χ3n) is 4.32. The SMILES string of the molecule is COC[C@H]1C[C@@H](n2cc(C#CCN=COC(F)(F)F)c(=O)[nH]c2=O)C[C@H]1OC(C)=O. The Labute approximate surface area is 168 Å². The average molecular weight is 431 g/mol. The van der Waals surface area contributed by atoms with Crippen LogP contribution in [0.25, 0.3) is 0 Å². The van der Waals surface area contributed by atoms with Crippen molar-refractivity contribution in [1.82, 2.24) is 9.55 Å². The molecule has 1 fully saturated rings. The molecule has 164 valence electrons. The van der Waals surface area contributed by atoms with Crippen LogP contribution in [0.15, 0.2) is 20.8 Å². The fourth-order valence-electron chi connectivity index (χ4n) is 3.19. The minimum absolute atomic E-state index is 0.0548. The van der Waals surface area contributed by atoms with Crippen LogP contribution in [0.4, 0.5) is 13.2 Å². The summed E-state index contributed by atoms with van der Waals surface area (Å²) in [7, 11) is 1.51. The first-order valence-corrected chi connectivity index (χ1v) is 8.84. The third kappa shape index (κ3) is 6.77. The van der Waals surface area contributed by atoms with Crippen molar-refractivity contribution >= 4 is 12.4 Å². The monoisotopic (exact) mass is 431 g/mol. The van der Waals surface area contributed by atoms with Crippen molar-refractivity contribution in [3.8, 4) is 11.8 Å². The van der Waals surface area contributed by atoms with Gasteiger partial charge in [-0.2, -0.15) is 0 Å². The average Bonchev–Trinajstić information content (AvgIpc) is 3.00. The molecular formula is C18H20F3N3O6. The number of rotatable bonds is 6. The van der Waals surface area contributed by atoms with Crippen molar-refractivity contribution in [2.45, 2.75) is 38.3 Å². The van der Waals surface area contributed by atoms with Gasteiger partial charge in [0.2, 0.25) is 0 Å². The van der Waals surface area contributed by atoms with Crippen LogP contribution in [0, 0.1) is 17.8 Å².